The maximum absolute atomic E-state index is 10.9. The van der Waals surface area contributed by atoms with Crippen molar-refractivity contribution in [2.45, 2.75) is 19.2 Å². The Bertz CT molecular complexity index is 939. The van der Waals surface area contributed by atoms with Gasteiger partial charge >= 0.3 is 0 Å². The van der Waals surface area contributed by atoms with E-state index < -0.39 is 6.10 Å². The Balaban J connectivity index is 1.63. The second-order valence-corrected chi connectivity index (χ2v) is 7.09. The average Bonchev–Trinajstić information content (AvgIpc) is 3.31. The topological polar surface area (TPSA) is 81.4 Å². The zero-order chi connectivity index (χ0) is 22.1. The first-order chi connectivity index (χ1) is 15.1. The highest BCUT2D eigenvalue weighted by Crippen LogP contribution is 2.27. The van der Waals surface area contributed by atoms with Crippen LogP contribution in [-0.2, 0) is 13.1 Å². The molecule has 1 atom stereocenters. The van der Waals surface area contributed by atoms with E-state index in [1.807, 2.05) is 36.4 Å². The van der Waals surface area contributed by atoms with Crippen molar-refractivity contribution in [1.82, 2.24) is 4.90 Å². The van der Waals surface area contributed by atoms with Gasteiger partial charge in [0.25, 0.3) is 0 Å². The van der Waals surface area contributed by atoms with Crippen molar-refractivity contribution < 1.29 is 28.5 Å². The van der Waals surface area contributed by atoms with Gasteiger partial charge in [0.05, 0.1) is 27.0 Å². The summed E-state index contributed by atoms with van der Waals surface area (Å²) in [6, 6.07) is 16.5. The fraction of sp³-hybridized carbons (Fsp3) is 0.292. The molecule has 0 spiro atoms. The molecule has 164 valence electrons. The summed E-state index contributed by atoms with van der Waals surface area (Å²) in [5, 5.41) is 10.6. The maximum Gasteiger partial charge on any atom is 0.161 e. The molecule has 0 aliphatic carbocycles. The summed E-state index contributed by atoms with van der Waals surface area (Å²) in [5.74, 6) is 2.53. The van der Waals surface area contributed by atoms with Crippen LogP contribution in [0, 0.1) is 0 Å². The number of carbonyl (C=O) groups excluding carboxylic acids is 1. The number of ether oxygens (including phenoxy) is 3. The molecule has 1 unspecified atom stereocenters. The van der Waals surface area contributed by atoms with E-state index in [0.29, 0.717) is 36.7 Å². The van der Waals surface area contributed by atoms with E-state index in [0.717, 1.165) is 23.4 Å². The van der Waals surface area contributed by atoms with E-state index in [4.69, 9.17) is 18.6 Å². The predicted molar refractivity (Wildman–Crippen MR) is 116 cm³/mol. The van der Waals surface area contributed by atoms with Crippen molar-refractivity contribution >= 4 is 6.29 Å². The lowest BCUT2D eigenvalue weighted by molar-refractivity contribution is 0.0595. The Morgan fingerprint density at radius 2 is 1.84 bits per heavy atom. The first-order valence-corrected chi connectivity index (χ1v) is 9.93. The van der Waals surface area contributed by atoms with Crippen LogP contribution >= 0.6 is 0 Å². The van der Waals surface area contributed by atoms with Crippen molar-refractivity contribution in [1.29, 1.82) is 0 Å². The minimum Gasteiger partial charge on any atom is -0.497 e. The smallest absolute Gasteiger partial charge is 0.161 e. The number of aliphatic hydroxyl groups excluding tert-OH is 1. The third-order valence-electron chi connectivity index (χ3n) is 4.75. The van der Waals surface area contributed by atoms with Crippen LogP contribution in [0.15, 0.2) is 65.3 Å². The minimum atomic E-state index is -0.747. The molecule has 7 heteroatoms. The lowest BCUT2D eigenvalue weighted by atomic mass is 10.2. The molecule has 0 aliphatic heterocycles. The van der Waals surface area contributed by atoms with Gasteiger partial charge < -0.3 is 23.7 Å². The molecule has 2 aromatic carbocycles. The summed E-state index contributed by atoms with van der Waals surface area (Å²) in [4.78, 5) is 13.0. The molecule has 1 heterocycles. The second-order valence-electron chi connectivity index (χ2n) is 7.09. The number of rotatable bonds is 12. The monoisotopic (exact) mass is 425 g/mol. The van der Waals surface area contributed by atoms with E-state index in [1.54, 1.807) is 31.6 Å². The van der Waals surface area contributed by atoms with Gasteiger partial charge in [0, 0.05) is 18.7 Å². The quantitative estimate of drug-likeness (QED) is 0.445. The van der Waals surface area contributed by atoms with Crippen LogP contribution in [0.3, 0.4) is 0 Å². The van der Waals surface area contributed by atoms with Gasteiger partial charge in [-0.2, -0.15) is 0 Å². The van der Waals surface area contributed by atoms with Crippen molar-refractivity contribution in [2.24, 2.45) is 0 Å². The van der Waals surface area contributed by atoms with Crippen LogP contribution in [0.5, 0.6) is 17.2 Å². The number of furan rings is 1. The number of hydrogen-bond donors (Lipinski definition) is 1. The average molecular weight is 425 g/mol. The summed E-state index contributed by atoms with van der Waals surface area (Å²) >= 11 is 0. The Morgan fingerprint density at radius 1 is 1.03 bits per heavy atom. The van der Waals surface area contributed by atoms with Crippen molar-refractivity contribution in [2.75, 3.05) is 27.4 Å². The Labute approximate surface area is 181 Å². The highest BCUT2D eigenvalue weighted by molar-refractivity contribution is 5.76. The molecule has 0 saturated carbocycles. The van der Waals surface area contributed by atoms with Gasteiger partial charge in [-0.25, -0.2) is 0 Å². The van der Waals surface area contributed by atoms with E-state index >= 15 is 0 Å². The number of benzene rings is 2. The van der Waals surface area contributed by atoms with Crippen molar-refractivity contribution in [3.05, 3.63) is 77.7 Å². The Hall–Kier alpha value is -3.29. The molecule has 0 fully saturated rings. The second kappa shape index (κ2) is 11.2. The lowest BCUT2D eigenvalue weighted by Crippen LogP contribution is -2.35. The molecule has 3 rings (SSSR count). The SMILES string of the molecule is COc1ccc(CN(Cc2ccco2)CC(O)COc2ccc(C=O)cc2OC)cc1. The lowest BCUT2D eigenvalue weighted by Gasteiger charge is -2.24. The van der Waals surface area contributed by atoms with E-state index in [2.05, 4.69) is 4.90 Å². The van der Waals surface area contributed by atoms with Gasteiger partial charge in [0.2, 0.25) is 0 Å². The van der Waals surface area contributed by atoms with Gasteiger partial charge in [-0.1, -0.05) is 12.1 Å². The van der Waals surface area contributed by atoms with Gasteiger partial charge in [0.15, 0.2) is 11.5 Å². The highest BCUT2D eigenvalue weighted by Gasteiger charge is 2.16. The minimum absolute atomic E-state index is 0.0774. The third kappa shape index (κ3) is 6.60. The van der Waals surface area contributed by atoms with Gasteiger partial charge in [-0.15, -0.1) is 0 Å². The molecule has 1 N–H and O–H groups in total. The molecule has 0 aliphatic rings. The molecule has 0 bridgehead atoms. The van der Waals surface area contributed by atoms with E-state index in [1.165, 1.54) is 7.11 Å². The third-order valence-corrected chi connectivity index (χ3v) is 4.75. The molecule has 0 saturated heterocycles. The Morgan fingerprint density at radius 3 is 2.48 bits per heavy atom. The van der Waals surface area contributed by atoms with Crippen LogP contribution in [0.25, 0.3) is 0 Å². The van der Waals surface area contributed by atoms with Gasteiger partial charge in [0.1, 0.15) is 30.5 Å². The van der Waals surface area contributed by atoms with E-state index in [-0.39, 0.29) is 6.61 Å². The number of aliphatic hydroxyl groups is 1. The molecular weight excluding hydrogens is 398 g/mol. The molecule has 7 nitrogen and oxygen atoms in total. The number of methoxy groups -OCH3 is 2. The standard InChI is InChI=1S/C24H27NO6/c1-28-21-8-5-18(6-9-21)13-25(15-22-4-3-11-30-22)14-20(27)17-31-23-10-7-19(16-26)12-24(23)29-2/h3-12,16,20,27H,13-15,17H2,1-2H3. The van der Waals surface area contributed by atoms with Crippen molar-refractivity contribution in [3.63, 3.8) is 0 Å². The van der Waals surface area contributed by atoms with Crippen LogP contribution in [0.4, 0.5) is 0 Å². The first-order valence-electron chi connectivity index (χ1n) is 9.93. The zero-order valence-corrected chi connectivity index (χ0v) is 17.7. The molecule has 3 aromatic rings. The van der Waals surface area contributed by atoms with Crippen LogP contribution in [0.1, 0.15) is 21.7 Å². The Kier molecular flexibility index (Phi) is 8.09. The number of carbonyl (C=O) groups is 1. The predicted octanol–water partition coefficient (Wildman–Crippen LogP) is 3.55. The summed E-state index contributed by atoms with van der Waals surface area (Å²) in [6.45, 7) is 1.63. The van der Waals surface area contributed by atoms with Crippen LogP contribution in [0.2, 0.25) is 0 Å². The molecule has 1 aromatic heterocycles. The van der Waals surface area contributed by atoms with Crippen LogP contribution in [-0.4, -0.2) is 49.8 Å². The van der Waals surface area contributed by atoms with Gasteiger partial charge in [-0.3, -0.25) is 9.69 Å². The molecular formula is C24H27NO6. The summed E-state index contributed by atoms with van der Waals surface area (Å²) in [5.41, 5.74) is 1.58. The molecule has 0 radical (unpaired) electrons. The maximum atomic E-state index is 10.9. The first kappa shape index (κ1) is 22.4. The van der Waals surface area contributed by atoms with Gasteiger partial charge in [-0.05, 0) is 48.0 Å². The fourth-order valence-corrected chi connectivity index (χ4v) is 3.21. The summed E-state index contributed by atoms with van der Waals surface area (Å²) in [7, 11) is 3.14. The summed E-state index contributed by atoms with van der Waals surface area (Å²) in [6.07, 6.45) is 1.63. The molecule has 0 amide bonds. The number of hydrogen-bond acceptors (Lipinski definition) is 7. The van der Waals surface area contributed by atoms with E-state index in [9.17, 15) is 9.90 Å². The number of nitrogens with zero attached hydrogens (tertiary/aromatic N) is 1. The summed E-state index contributed by atoms with van der Waals surface area (Å²) < 4.78 is 21.7. The van der Waals surface area contributed by atoms with Crippen LogP contribution < -0.4 is 14.2 Å². The molecule has 31 heavy (non-hydrogen) atoms. The normalized spacial score (nSPS) is 11.9. The highest BCUT2D eigenvalue weighted by atomic mass is 16.5. The zero-order valence-electron chi connectivity index (χ0n) is 17.7. The number of aldehydes is 1. The largest absolute Gasteiger partial charge is 0.497 e. The fourth-order valence-electron chi connectivity index (χ4n) is 3.21. The van der Waals surface area contributed by atoms with Crippen molar-refractivity contribution in [3.8, 4) is 17.2 Å².